The molecule has 1 aliphatic carbocycles. The van der Waals surface area contributed by atoms with Gasteiger partial charge in [-0.1, -0.05) is 60.5 Å². The van der Waals surface area contributed by atoms with Gasteiger partial charge in [-0.2, -0.15) is 0 Å². The zero-order valence-electron chi connectivity index (χ0n) is 13.7. The fourth-order valence-electron chi connectivity index (χ4n) is 3.67. The van der Waals surface area contributed by atoms with Crippen molar-refractivity contribution in [3.05, 3.63) is 34.9 Å². The summed E-state index contributed by atoms with van der Waals surface area (Å²) in [6.07, 6.45) is 5.51. The van der Waals surface area contributed by atoms with Crippen LogP contribution >= 0.6 is 15.9 Å². The number of halogens is 1. The van der Waals surface area contributed by atoms with Crippen LogP contribution < -0.4 is 0 Å². The molecule has 0 heterocycles. The van der Waals surface area contributed by atoms with Crippen LogP contribution in [0.4, 0.5) is 0 Å². The van der Waals surface area contributed by atoms with Crippen LogP contribution in [0, 0.1) is 31.1 Å². The molecule has 0 radical (unpaired) electrons. The van der Waals surface area contributed by atoms with E-state index in [2.05, 4.69) is 68.7 Å². The SMILES string of the molecule is Cc1ccc(C(Br)C2CCC(C(C)(C)C)CC2)c(C)c1. The lowest BCUT2D eigenvalue weighted by molar-refractivity contribution is 0.149. The lowest BCUT2D eigenvalue weighted by atomic mass is 9.69. The first kappa shape index (κ1) is 16.1. The van der Waals surface area contributed by atoms with E-state index in [9.17, 15) is 0 Å². The summed E-state index contributed by atoms with van der Waals surface area (Å²) in [7, 11) is 0. The average Bonchev–Trinajstić information content (AvgIpc) is 2.37. The van der Waals surface area contributed by atoms with E-state index in [0.717, 1.165) is 11.8 Å². The van der Waals surface area contributed by atoms with E-state index in [0.29, 0.717) is 10.2 Å². The molecule has 0 spiro atoms. The largest absolute Gasteiger partial charge is 0.0836 e. The van der Waals surface area contributed by atoms with Gasteiger partial charge in [-0.3, -0.25) is 0 Å². The normalized spacial score (nSPS) is 25.5. The summed E-state index contributed by atoms with van der Waals surface area (Å²) in [5.74, 6) is 1.70. The van der Waals surface area contributed by atoms with Crippen molar-refractivity contribution in [1.29, 1.82) is 0 Å². The first-order valence-electron chi connectivity index (χ1n) is 8.00. The minimum atomic E-state index is 0.479. The summed E-state index contributed by atoms with van der Waals surface area (Å²) in [5, 5.41) is 0. The van der Waals surface area contributed by atoms with Gasteiger partial charge in [-0.15, -0.1) is 0 Å². The van der Waals surface area contributed by atoms with Crippen LogP contribution in [0.15, 0.2) is 18.2 Å². The number of benzene rings is 1. The second-order valence-electron chi connectivity index (χ2n) is 7.74. The van der Waals surface area contributed by atoms with Crippen LogP contribution in [-0.2, 0) is 0 Å². The van der Waals surface area contributed by atoms with Crippen LogP contribution in [0.1, 0.15) is 68.0 Å². The van der Waals surface area contributed by atoms with E-state index in [1.54, 1.807) is 0 Å². The molecule has 1 aliphatic rings. The number of aryl methyl sites for hydroxylation is 2. The summed E-state index contributed by atoms with van der Waals surface area (Å²) in [6.45, 7) is 11.6. The minimum Gasteiger partial charge on any atom is -0.0836 e. The quantitative estimate of drug-likeness (QED) is 0.534. The molecule has 1 heteroatoms. The highest BCUT2D eigenvalue weighted by molar-refractivity contribution is 9.09. The van der Waals surface area contributed by atoms with Crippen molar-refractivity contribution >= 4 is 15.9 Å². The maximum absolute atomic E-state index is 3.99. The topological polar surface area (TPSA) is 0 Å². The highest BCUT2D eigenvalue weighted by Crippen LogP contribution is 2.46. The average molecular weight is 337 g/mol. The number of rotatable bonds is 2. The Morgan fingerprint density at radius 1 is 1.05 bits per heavy atom. The molecule has 1 aromatic rings. The van der Waals surface area contributed by atoms with Crippen LogP contribution in [0.3, 0.4) is 0 Å². The van der Waals surface area contributed by atoms with Crippen molar-refractivity contribution in [2.45, 2.75) is 65.1 Å². The molecule has 0 amide bonds. The first-order valence-corrected chi connectivity index (χ1v) is 8.92. The molecule has 20 heavy (non-hydrogen) atoms. The van der Waals surface area contributed by atoms with Crippen LogP contribution in [0.2, 0.25) is 0 Å². The Morgan fingerprint density at radius 2 is 1.65 bits per heavy atom. The summed E-state index contributed by atoms with van der Waals surface area (Å²) < 4.78 is 0. The van der Waals surface area contributed by atoms with Gasteiger partial charge in [0.05, 0.1) is 0 Å². The molecule has 2 rings (SSSR count). The monoisotopic (exact) mass is 336 g/mol. The van der Waals surface area contributed by atoms with Crippen molar-refractivity contribution in [1.82, 2.24) is 0 Å². The summed E-state index contributed by atoms with van der Waals surface area (Å²) in [5.41, 5.74) is 4.77. The van der Waals surface area contributed by atoms with E-state index in [4.69, 9.17) is 0 Å². The fourth-order valence-corrected chi connectivity index (χ4v) is 4.71. The smallest absolute Gasteiger partial charge is 0.0426 e. The van der Waals surface area contributed by atoms with Crippen LogP contribution in [0.5, 0.6) is 0 Å². The zero-order chi connectivity index (χ0) is 14.9. The van der Waals surface area contributed by atoms with Crippen molar-refractivity contribution < 1.29 is 0 Å². The third kappa shape index (κ3) is 3.67. The number of hydrogen-bond acceptors (Lipinski definition) is 0. The molecule has 0 saturated heterocycles. The summed E-state index contributed by atoms with van der Waals surface area (Å²) >= 11 is 3.99. The van der Waals surface area contributed by atoms with Crippen molar-refractivity contribution in [2.75, 3.05) is 0 Å². The molecule has 0 aliphatic heterocycles. The van der Waals surface area contributed by atoms with Gasteiger partial charge in [-0.05, 0) is 67.9 Å². The molecule has 1 aromatic carbocycles. The van der Waals surface area contributed by atoms with E-state index in [1.165, 1.54) is 42.4 Å². The molecule has 0 N–H and O–H groups in total. The standard InChI is InChI=1S/C19H29Br/c1-13-6-11-17(14(2)12-13)18(20)15-7-9-16(10-8-15)19(3,4)5/h6,11-12,15-16,18H,7-10H2,1-5H3. The Bertz CT molecular complexity index is 447. The predicted octanol–water partition coefficient (Wildman–Crippen LogP) is 6.59. The van der Waals surface area contributed by atoms with Gasteiger partial charge in [-0.25, -0.2) is 0 Å². The Labute approximate surface area is 133 Å². The first-order chi connectivity index (χ1) is 9.29. The van der Waals surface area contributed by atoms with Crippen molar-refractivity contribution in [2.24, 2.45) is 17.3 Å². The van der Waals surface area contributed by atoms with Gasteiger partial charge in [0.1, 0.15) is 0 Å². The molecule has 1 saturated carbocycles. The second kappa shape index (κ2) is 6.22. The highest BCUT2D eigenvalue weighted by atomic mass is 79.9. The van der Waals surface area contributed by atoms with Crippen LogP contribution in [0.25, 0.3) is 0 Å². The molecule has 1 unspecified atom stereocenters. The summed E-state index contributed by atoms with van der Waals surface area (Å²) in [4.78, 5) is 0.531. The lowest BCUT2D eigenvalue weighted by Crippen LogP contribution is -2.27. The van der Waals surface area contributed by atoms with Gasteiger partial charge < -0.3 is 0 Å². The molecule has 0 bridgehead atoms. The predicted molar refractivity (Wildman–Crippen MR) is 92.5 cm³/mol. The molecule has 0 aromatic heterocycles. The van der Waals surface area contributed by atoms with Gasteiger partial charge in [0.15, 0.2) is 0 Å². The third-order valence-corrected chi connectivity index (χ3v) is 6.37. The van der Waals surface area contributed by atoms with E-state index >= 15 is 0 Å². The molecular weight excluding hydrogens is 308 g/mol. The Hall–Kier alpha value is -0.300. The maximum Gasteiger partial charge on any atom is 0.0426 e. The zero-order valence-corrected chi connectivity index (χ0v) is 15.3. The van der Waals surface area contributed by atoms with Crippen LogP contribution in [-0.4, -0.2) is 0 Å². The second-order valence-corrected chi connectivity index (χ2v) is 8.73. The van der Waals surface area contributed by atoms with Gasteiger partial charge in [0, 0.05) is 4.83 Å². The Kier molecular flexibility index (Phi) is 5.00. The van der Waals surface area contributed by atoms with E-state index in [-0.39, 0.29) is 0 Å². The Morgan fingerprint density at radius 3 is 2.15 bits per heavy atom. The van der Waals surface area contributed by atoms with Gasteiger partial charge >= 0.3 is 0 Å². The lowest BCUT2D eigenvalue weighted by Gasteiger charge is -2.38. The fraction of sp³-hybridized carbons (Fsp3) is 0.684. The molecule has 112 valence electrons. The maximum atomic E-state index is 3.99. The molecule has 1 atom stereocenters. The van der Waals surface area contributed by atoms with Gasteiger partial charge in [0.2, 0.25) is 0 Å². The van der Waals surface area contributed by atoms with E-state index in [1.807, 2.05) is 0 Å². The molecule has 0 nitrogen and oxygen atoms in total. The highest BCUT2D eigenvalue weighted by Gasteiger charge is 2.32. The van der Waals surface area contributed by atoms with Crippen molar-refractivity contribution in [3.63, 3.8) is 0 Å². The Balaban J connectivity index is 2.03. The number of hydrogen-bond donors (Lipinski definition) is 0. The van der Waals surface area contributed by atoms with Gasteiger partial charge in [0.25, 0.3) is 0 Å². The molecule has 1 fully saturated rings. The third-order valence-electron chi connectivity index (χ3n) is 5.13. The number of alkyl halides is 1. The molecular formula is C19H29Br. The van der Waals surface area contributed by atoms with E-state index < -0.39 is 0 Å². The van der Waals surface area contributed by atoms with Crippen molar-refractivity contribution in [3.8, 4) is 0 Å². The summed E-state index contributed by atoms with van der Waals surface area (Å²) in [6, 6.07) is 6.88. The minimum absolute atomic E-state index is 0.479.